The zero-order valence-corrected chi connectivity index (χ0v) is 17.2. The molecule has 0 N–H and O–H groups in total. The molecule has 29 heavy (non-hydrogen) atoms. The van der Waals surface area contributed by atoms with Crippen LogP contribution in [0.25, 0.3) is 0 Å². The molecule has 2 heterocycles. The van der Waals surface area contributed by atoms with E-state index in [9.17, 15) is 14.9 Å². The van der Waals surface area contributed by atoms with Crippen LogP contribution in [0, 0.1) is 17.0 Å². The molecule has 3 aromatic rings. The zero-order valence-electron chi connectivity index (χ0n) is 15.7. The number of rotatable bonds is 7. The van der Waals surface area contributed by atoms with Gasteiger partial charge in [0.1, 0.15) is 10.8 Å². The van der Waals surface area contributed by atoms with Gasteiger partial charge < -0.3 is 9.42 Å². The van der Waals surface area contributed by atoms with Gasteiger partial charge in [0.15, 0.2) is 0 Å². The van der Waals surface area contributed by atoms with Crippen molar-refractivity contribution in [3.05, 3.63) is 80.3 Å². The third-order valence-electron chi connectivity index (χ3n) is 4.03. The minimum atomic E-state index is -0.497. The van der Waals surface area contributed by atoms with Crippen LogP contribution in [0.1, 0.15) is 27.4 Å². The molecule has 1 amide bonds. The van der Waals surface area contributed by atoms with Crippen LogP contribution in [0.2, 0.25) is 5.02 Å². The summed E-state index contributed by atoms with van der Waals surface area (Å²) in [7, 11) is 1.61. The van der Waals surface area contributed by atoms with Crippen LogP contribution in [-0.4, -0.2) is 32.9 Å². The van der Waals surface area contributed by atoms with E-state index in [0.29, 0.717) is 32.7 Å². The number of aryl methyl sites for hydroxylation is 1. The van der Waals surface area contributed by atoms with E-state index in [1.54, 1.807) is 25.4 Å². The van der Waals surface area contributed by atoms with Crippen LogP contribution in [0.15, 0.2) is 52.1 Å². The highest BCUT2D eigenvalue weighted by Crippen LogP contribution is 2.27. The minimum absolute atomic E-state index is 0.0780. The first-order valence-corrected chi connectivity index (χ1v) is 9.90. The summed E-state index contributed by atoms with van der Waals surface area (Å²) in [6.07, 6.45) is 1.62. The molecule has 0 spiro atoms. The number of carbonyl (C=O) groups excluding carboxylic acids is 1. The number of halogens is 1. The third-order valence-corrected chi connectivity index (χ3v) is 5.44. The van der Waals surface area contributed by atoms with Gasteiger partial charge in [0.25, 0.3) is 11.6 Å². The van der Waals surface area contributed by atoms with E-state index in [0.717, 1.165) is 5.69 Å². The third kappa shape index (κ3) is 5.12. The van der Waals surface area contributed by atoms with Crippen molar-refractivity contribution < 1.29 is 14.2 Å². The Labute approximate surface area is 176 Å². The maximum Gasteiger partial charge on any atom is 0.269 e. The Hall–Kier alpha value is -2.91. The molecule has 0 fully saturated rings. The molecule has 0 saturated heterocycles. The molecule has 0 aliphatic heterocycles. The van der Waals surface area contributed by atoms with E-state index in [1.807, 2.05) is 13.0 Å². The first kappa shape index (κ1) is 20.8. The van der Waals surface area contributed by atoms with Crippen molar-refractivity contribution in [2.45, 2.75) is 24.2 Å². The van der Waals surface area contributed by atoms with Crippen LogP contribution in [-0.2, 0) is 12.3 Å². The van der Waals surface area contributed by atoms with E-state index < -0.39 is 4.92 Å². The Morgan fingerprint density at radius 1 is 1.34 bits per heavy atom. The maximum atomic E-state index is 13.0. The number of hydrogen-bond acceptors (Lipinski definition) is 7. The van der Waals surface area contributed by atoms with Gasteiger partial charge in [-0.2, -0.15) is 0 Å². The highest BCUT2D eigenvalue weighted by atomic mass is 35.5. The number of pyridine rings is 1. The quantitative estimate of drug-likeness (QED) is 0.307. The molecule has 8 nitrogen and oxygen atoms in total. The number of nitro groups is 1. The topological polar surface area (TPSA) is 102 Å². The van der Waals surface area contributed by atoms with Crippen molar-refractivity contribution in [1.82, 2.24) is 15.0 Å². The van der Waals surface area contributed by atoms with Gasteiger partial charge in [-0.3, -0.25) is 14.9 Å². The second kappa shape index (κ2) is 9.06. The predicted octanol–water partition coefficient (Wildman–Crippen LogP) is 4.50. The van der Waals surface area contributed by atoms with Gasteiger partial charge in [-0.25, -0.2) is 4.98 Å². The fourth-order valence-corrected chi connectivity index (χ4v) is 3.67. The molecule has 1 aromatic carbocycles. The van der Waals surface area contributed by atoms with Crippen molar-refractivity contribution in [3.8, 4) is 0 Å². The fraction of sp³-hybridized carbons (Fsp3) is 0.211. The van der Waals surface area contributed by atoms with Crippen molar-refractivity contribution in [2.24, 2.45) is 0 Å². The van der Waals surface area contributed by atoms with Crippen molar-refractivity contribution in [1.29, 1.82) is 0 Å². The molecular formula is C19H17ClN4O4S. The van der Waals surface area contributed by atoms with E-state index >= 15 is 0 Å². The highest BCUT2D eigenvalue weighted by molar-refractivity contribution is 7.98. The molecule has 0 atom stereocenters. The van der Waals surface area contributed by atoms with E-state index in [2.05, 4.69) is 10.1 Å². The molecule has 3 rings (SSSR count). The summed E-state index contributed by atoms with van der Waals surface area (Å²) in [6.45, 7) is 1.94. The number of nitro benzene ring substituents is 1. The number of thioether (sulfide) groups is 1. The van der Waals surface area contributed by atoms with Crippen LogP contribution in [0.5, 0.6) is 0 Å². The van der Waals surface area contributed by atoms with Crippen LogP contribution in [0.4, 0.5) is 5.69 Å². The lowest BCUT2D eigenvalue weighted by molar-refractivity contribution is -0.384. The molecule has 0 bridgehead atoms. The molecular weight excluding hydrogens is 416 g/mol. The Bertz CT molecular complexity index is 1060. The first-order valence-electron chi connectivity index (χ1n) is 8.53. The molecule has 0 saturated carbocycles. The Morgan fingerprint density at radius 3 is 2.83 bits per heavy atom. The smallest absolute Gasteiger partial charge is 0.269 e. The van der Waals surface area contributed by atoms with Gasteiger partial charge in [-0.15, -0.1) is 0 Å². The van der Waals surface area contributed by atoms with Crippen molar-refractivity contribution in [2.75, 3.05) is 7.05 Å². The van der Waals surface area contributed by atoms with Gasteiger partial charge in [-0.1, -0.05) is 28.5 Å². The van der Waals surface area contributed by atoms with Crippen LogP contribution in [0.3, 0.4) is 0 Å². The molecule has 0 unspecified atom stereocenters. The Balaban J connectivity index is 1.76. The van der Waals surface area contributed by atoms with Gasteiger partial charge in [-0.05, 0) is 30.7 Å². The van der Waals surface area contributed by atoms with E-state index in [4.69, 9.17) is 16.1 Å². The normalized spacial score (nSPS) is 10.7. The predicted molar refractivity (Wildman–Crippen MR) is 109 cm³/mol. The summed E-state index contributed by atoms with van der Waals surface area (Å²) in [5.41, 5.74) is 1.61. The minimum Gasteiger partial charge on any atom is -0.361 e. The van der Waals surface area contributed by atoms with Crippen LogP contribution >= 0.6 is 23.4 Å². The summed E-state index contributed by atoms with van der Waals surface area (Å²) in [5.74, 6) is 0.959. The van der Waals surface area contributed by atoms with E-state index in [1.165, 1.54) is 34.9 Å². The molecule has 150 valence electrons. The number of hydrogen-bond donors (Lipinski definition) is 0. The van der Waals surface area contributed by atoms with Gasteiger partial charge in [0.05, 0.1) is 16.2 Å². The highest BCUT2D eigenvalue weighted by Gasteiger charge is 2.19. The van der Waals surface area contributed by atoms with Gasteiger partial charge in [0.2, 0.25) is 0 Å². The lowest BCUT2D eigenvalue weighted by Crippen LogP contribution is -2.27. The van der Waals surface area contributed by atoms with Crippen molar-refractivity contribution >= 4 is 35.0 Å². The summed E-state index contributed by atoms with van der Waals surface area (Å²) in [5, 5.41) is 15.9. The van der Waals surface area contributed by atoms with Crippen molar-refractivity contribution in [3.63, 3.8) is 0 Å². The van der Waals surface area contributed by atoms with Crippen LogP contribution < -0.4 is 0 Å². The molecule has 0 aliphatic carbocycles. The second-order valence-electron chi connectivity index (χ2n) is 6.27. The molecule has 2 aromatic heterocycles. The molecule has 10 heteroatoms. The summed E-state index contributed by atoms with van der Waals surface area (Å²) < 4.78 is 5.05. The summed E-state index contributed by atoms with van der Waals surface area (Å²) >= 11 is 7.53. The average Bonchev–Trinajstić information content (AvgIpc) is 3.12. The summed E-state index contributed by atoms with van der Waals surface area (Å²) in [6, 6.07) is 9.36. The first-order chi connectivity index (χ1) is 13.8. The monoisotopic (exact) mass is 432 g/mol. The largest absolute Gasteiger partial charge is 0.361 e. The molecule has 0 radical (unpaired) electrons. The number of amides is 1. The number of carbonyl (C=O) groups is 1. The lowest BCUT2D eigenvalue weighted by Gasteiger charge is -2.19. The average molecular weight is 433 g/mol. The van der Waals surface area contributed by atoms with Gasteiger partial charge in [0, 0.05) is 48.8 Å². The maximum absolute atomic E-state index is 13.0. The van der Waals surface area contributed by atoms with Gasteiger partial charge >= 0.3 is 0 Å². The zero-order chi connectivity index (χ0) is 21.0. The Kier molecular flexibility index (Phi) is 6.50. The second-order valence-corrected chi connectivity index (χ2v) is 7.64. The van der Waals surface area contributed by atoms with E-state index in [-0.39, 0.29) is 18.1 Å². The lowest BCUT2D eigenvalue weighted by atomic mass is 10.1. The number of benzene rings is 1. The number of non-ortho nitro benzene ring substituents is 1. The summed E-state index contributed by atoms with van der Waals surface area (Å²) in [4.78, 5) is 29.2. The SMILES string of the molecule is Cc1cc(CSc2ncccc2C(=O)N(C)Cc2cc([N+](=O)[O-])ccc2Cl)no1. The Morgan fingerprint density at radius 2 is 2.14 bits per heavy atom. The number of nitrogens with zero attached hydrogens (tertiary/aromatic N) is 4. The molecule has 0 aliphatic rings. The fourth-order valence-electron chi connectivity index (χ4n) is 2.63. The standard InChI is InChI=1S/C19H17ClN4O4S/c1-12-8-14(22-28-12)11-29-18-16(4-3-7-21-18)19(25)23(2)10-13-9-15(24(26)27)5-6-17(13)20/h3-9H,10-11H2,1-2H3. The number of aromatic nitrogens is 2.